The quantitative estimate of drug-likeness (QED) is 0.939. The van der Waals surface area contributed by atoms with E-state index in [0.29, 0.717) is 12.3 Å². The monoisotopic (exact) mass is 278 g/mol. The van der Waals surface area contributed by atoms with Crippen molar-refractivity contribution in [2.24, 2.45) is 0 Å². The SMILES string of the molecule is Nc1cncc(COc2ccc(Br)cc2)c1. The minimum atomic E-state index is 0.472. The van der Waals surface area contributed by atoms with E-state index < -0.39 is 0 Å². The van der Waals surface area contributed by atoms with Gasteiger partial charge in [-0.3, -0.25) is 4.98 Å². The molecule has 0 radical (unpaired) electrons. The van der Waals surface area contributed by atoms with Crippen LogP contribution >= 0.6 is 15.9 Å². The molecule has 2 N–H and O–H groups in total. The summed E-state index contributed by atoms with van der Waals surface area (Å²) in [7, 11) is 0. The van der Waals surface area contributed by atoms with E-state index in [4.69, 9.17) is 10.5 Å². The highest BCUT2D eigenvalue weighted by molar-refractivity contribution is 9.10. The van der Waals surface area contributed by atoms with E-state index >= 15 is 0 Å². The molecule has 0 amide bonds. The molecule has 0 saturated carbocycles. The minimum Gasteiger partial charge on any atom is -0.489 e. The molecule has 0 saturated heterocycles. The minimum absolute atomic E-state index is 0.472. The Morgan fingerprint density at radius 3 is 2.62 bits per heavy atom. The Morgan fingerprint density at radius 2 is 1.94 bits per heavy atom. The lowest BCUT2D eigenvalue weighted by atomic mass is 10.3. The van der Waals surface area contributed by atoms with Crippen molar-refractivity contribution >= 4 is 21.6 Å². The fourth-order valence-electron chi connectivity index (χ4n) is 1.28. The van der Waals surface area contributed by atoms with Crippen molar-refractivity contribution in [1.29, 1.82) is 0 Å². The van der Waals surface area contributed by atoms with E-state index in [-0.39, 0.29) is 0 Å². The average molecular weight is 279 g/mol. The topological polar surface area (TPSA) is 48.1 Å². The van der Waals surface area contributed by atoms with Gasteiger partial charge in [-0.05, 0) is 30.3 Å². The molecule has 0 aliphatic carbocycles. The third-order valence-corrected chi connectivity index (χ3v) is 2.56. The molecule has 1 aromatic carbocycles. The largest absolute Gasteiger partial charge is 0.489 e. The van der Waals surface area contributed by atoms with Gasteiger partial charge in [0.05, 0.1) is 5.69 Å². The van der Waals surface area contributed by atoms with E-state index in [1.165, 1.54) is 0 Å². The van der Waals surface area contributed by atoms with Gasteiger partial charge >= 0.3 is 0 Å². The van der Waals surface area contributed by atoms with Gasteiger partial charge in [0.25, 0.3) is 0 Å². The van der Waals surface area contributed by atoms with Gasteiger partial charge in [-0.25, -0.2) is 0 Å². The van der Waals surface area contributed by atoms with Crippen LogP contribution in [-0.2, 0) is 6.61 Å². The second-order valence-corrected chi connectivity index (χ2v) is 4.28. The number of hydrogen-bond acceptors (Lipinski definition) is 3. The zero-order valence-corrected chi connectivity index (χ0v) is 10.1. The van der Waals surface area contributed by atoms with E-state index in [0.717, 1.165) is 15.8 Å². The summed E-state index contributed by atoms with van der Waals surface area (Å²) in [6, 6.07) is 9.54. The Bertz CT molecular complexity index is 471. The van der Waals surface area contributed by atoms with Crippen LogP contribution in [0.25, 0.3) is 0 Å². The molecule has 0 aliphatic heterocycles. The predicted octanol–water partition coefficient (Wildman–Crippen LogP) is 3.01. The molecule has 3 nitrogen and oxygen atoms in total. The third kappa shape index (κ3) is 2.97. The number of nitrogens with zero attached hydrogens (tertiary/aromatic N) is 1. The van der Waals surface area contributed by atoms with Crippen molar-refractivity contribution < 1.29 is 4.74 Å². The zero-order valence-electron chi connectivity index (χ0n) is 8.56. The number of anilines is 1. The summed E-state index contributed by atoms with van der Waals surface area (Å²) in [6.07, 6.45) is 3.36. The van der Waals surface area contributed by atoms with Gasteiger partial charge in [0.1, 0.15) is 12.4 Å². The number of nitrogens with two attached hydrogens (primary N) is 1. The summed E-state index contributed by atoms with van der Waals surface area (Å²) in [5, 5.41) is 0. The molecule has 82 valence electrons. The number of ether oxygens (including phenoxy) is 1. The van der Waals surface area contributed by atoms with Crippen LogP contribution < -0.4 is 10.5 Å². The van der Waals surface area contributed by atoms with Crippen LogP contribution in [0, 0.1) is 0 Å². The molecule has 16 heavy (non-hydrogen) atoms. The van der Waals surface area contributed by atoms with Gasteiger partial charge in [-0.2, -0.15) is 0 Å². The first-order valence-electron chi connectivity index (χ1n) is 4.82. The van der Waals surface area contributed by atoms with E-state index in [2.05, 4.69) is 20.9 Å². The van der Waals surface area contributed by atoms with Crippen LogP contribution in [0.3, 0.4) is 0 Å². The van der Waals surface area contributed by atoms with Gasteiger partial charge < -0.3 is 10.5 Å². The van der Waals surface area contributed by atoms with E-state index in [9.17, 15) is 0 Å². The number of benzene rings is 1. The molecular weight excluding hydrogens is 268 g/mol. The molecule has 2 rings (SSSR count). The van der Waals surface area contributed by atoms with Crippen molar-refractivity contribution in [3.8, 4) is 5.75 Å². The van der Waals surface area contributed by atoms with E-state index in [1.807, 2.05) is 30.3 Å². The summed E-state index contributed by atoms with van der Waals surface area (Å²) < 4.78 is 6.62. The van der Waals surface area contributed by atoms with Crippen LogP contribution in [-0.4, -0.2) is 4.98 Å². The molecule has 1 aromatic heterocycles. The Morgan fingerprint density at radius 1 is 1.19 bits per heavy atom. The molecule has 0 fully saturated rings. The maximum absolute atomic E-state index is 5.62. The summed E-state index contributed by atoms with van der Waals surface area (Å²) in [6.45, 7) is 0.472. The Hall–Kier alpha value is -1.55. The fourth-order valence-corrected chi connectivity index (χ4v) is 1.55. The summed E-state index contributed by atoms with van der Waals surface area (Å²) >= 11 is 3.37. The van der Waals surface area contributed by atoms with Gasteiger partial charge in [-0.1, -0.05) is 15.9 Å². The van der Waals surface area contributed by atoms with Crippen LogP contribution in [0.2, 0.25) is 0 Å². The highest BCUT2D eigenvalue weighted by Gasteiger charge is 1.97. The Balaban J connectivity index is 1.99. The summed E-state index contributed by atoms with van der Waals surface area (Å²) in [5.74, 6) is 0.825. The maximum atomic E-state index is 5.62. The normalized spacial score (nSPS) is 10.1. The lowest BCUT2D eigenvalue weighted by Crippen LogP contribution is -1.97. The predicted molar refractivity (Wildman–Crippen MR) is 67.1 cm³/mol. The maximum Gasteiger partial charge on any atom is 0.119 e. The Labute approximate surface area is 102 Å². The number of hydrogen-bond donors (Lipinski definition) is 1. The van der Waals surface area contributed by atoms with E-state index in [1.54, 1.807) is 12.4 Å². The van der Waals surface area contributed by atoms with Gasteiger partial charge in [0.15, 0.2) is 0 Å². The molecule has 0 atom stereocenters. The van der Waals surface area contributed by atoms with Crippen molar-refractivity contribution in [1.82, 2.24) is 4.98 Å². The van der Waals surface area contributed by atoms with Gasteiger partial charge in [0, 0.05) is 22.4 Å². The zero-order chi connectivity index (χ0) is 11.4. The fraction of sp³-hybridized carbons (Fsp3) is 0.0833. The first-order chi connectivity index (χ1) is 7.74. The lowest BCUT2D eigenvalue weighted by Gasteiger charge is -2.06. The number of aromatic nitrogens is 1. The first kappa shape index (κ1) is 11.0. The third-order valence-electron chi connectivity index (χ3n) is 2.04. The van der Waals surface area contributed by atoms with Gasteiger partial charge in [0.2, 0.25) is 0 Å². The first-order valence-corrected chi connectivity index (χ1v) is 5.61. The number of nitrogen functional groups attached to an aromatic ring is 1. The van der Waals surface area contributed by atoms with Crippen molar-refractivity contribution in [2.75, 3.05) is 5.73 Å². The molecule has 0 bridgehead atoms. The molecule has 1 heterocycles. The smallest absolute Gasteiger partial charge is 0.119 e. The molecule has 4 heteroatoms. The van der Waals surface area contributed by atoms with Crippen molar-refractivity contribution in [3.05, 3.63) is 52.8 Å². The van der Waals surface area contributed by atoms with Crippen LogP contribution in [0.1, 0.15) is 5.56 Å². The number of pyridine rings is 1. The molecule has 0 aliphatic rings. The average Bonchev–Trinajstić information content (AvgIpc) is 2.28. The van der Waals surface area contributed by atoms with Crippen molar-refractivity contribution in [3.63, 3.8) is 0 Å². The highest BCUT2D eigenvalue weighted by Crippen LogP contribution is 2.17. The standard InChI is InChI=1S/C12H11BrN2O/c13-10-1-3-12(4-2-10)16-8-9-5-11(14)7-15-6-9/h1-7H,8,14H2. The van der Waals surface area contributed by atoms with Crippen LogP contribution in [0.5, 0.6) is 5.75 Å². The van der Waals surface area contributed by atoms with Crippen LogP contribution in [0.4, 0.5) is 5.69 Å². The van der Waals surface area contributed by atoms with Gasteiger partial charge in [-0.15, -0.1) is 0 Å². The second-order valence-electron chi connectivity index (χ2n) is 3.37. The molecule has 0 spiro atoms. The Kier molecular flexibility index (Phi) is 3.41. The molecule has 2 aromatic rings. The summed E-state index contributed by atoms with van der Waals surface area (Å²) in [5.41, 5.74) is 7.23. The highest BCUT2D eigenvalue weighted by atomic mass is 79.9. The van der Waals surface area contributed by atoms with Crippen molar-refractivity contribution in [2.45, 2.75) is 6.61 Å². The molecule has 0 unspecified atom stereocenters. The number of halogens is 1. The molecular formula is C12H11BrN2O. The lowest BCUT2D eigenvalue weighted by molar-refractivity contribution is 0.306. The van der Waals surface area contributed by atoms with Crippen LogP contribution in [0.15, 0.2) is 47.2 Å². The second kappa shape index (κ2) is 4.99. The number of rotatable bonds is 3. The summed E-state index contributed by atoms with van der Waals surface area (Å²) in [4.78, 5) is 4.00.